The molecule has 117 heavy (non-hydrogen) atoms. The molecule has 7 unspecified atom stereocenters. The smallest absolute Gasteiger partial charge is 0.330 e. The Labute approximate surface area is 697 Å². The van der Waals surface area contributed by atoms with E-state index in [1.807, 2.05) is 83.1 Å². The molecule has 5 rings (SSSR count). The number of carbonyl (C=O) groups is 9. The molecular weight excluding hydrogens is 1510 g/mol. The van der Waals surface area contributed by atoms with Crippen LogP contribution in [0.1, 0.15) is 179 Å². The quantitative estimate of drug-likeness (QED) is 0.0279. The molecule has 0 radical (unpaired) electrons. The highest BCUT2D eigenvalue weighted by Gasteiger charge is 2.37. The Bertz CT molecular complexity index is 3080. The molecule has 662 valence electrons. The summed E-state index contributed by atoms with van der Waals surface area (Å²) in [5, 5.41) is 9.42. The molecule has 1 N–H and O–H groups in total. The molecule has 0 bridgehead atoms. The van der Waals surface area contributed by atoms with Gasteiger partial charge in [-0.15, -0.1) is 0 Å². The van der Waals surface area contributed by atoms with Gasteiger partial charge in [0.1, 0.15) is 83.2 Å². The molecule has 27 heteroatoms. The Morgan fingerprint density at radius 2 is 1.04 bits per heavy atom. The minimum atomic E-state index is -0.843. The Morgan fingerprint density at radius 3 is 1.55 bits per heavy atom. The van der Waals surface area contributed by atoms with E-state index >= 15 is 0 Å². The van der Waals surface area contributed by atoms with E-state index in [-0.39, 0.29) is 92.8 Å². The van der Waals surface area contributed by atoms with Gasteiger partial charge in [-0.05, 0) is 114 Å². The first kappa shape index (κ1) is 112. The number of benzene rings is 2. The van der Waals surface area contributed by atoms with E-state index in [9.17, 15) is 48.3 Å². The number of aliphatic hydroxyl groups excluding tert-OH is 1. The normalized spacial score (nSPS) is 17.1. The Balaban J connectivity index is -0.00000127. The van der Waals surface area contributed by atoms with Crippen molar-refractivity contribution < 1.29 is 129 Å². The van der Waals surface area contributed by atoms with E-state index in [4.69, 9.17) is 71.1 Å². The van der Waals surface area contributed by atoms with Gasteiger partial charge in [-0.25, -0.2) is 38.4 Å². The standard InChI is InChI=1S/C13H24O5.C13H22O2.C12H14O4.C11H18O4.C11H20O2.2C10H16O4.C10H10O2/c1-6-13(14)18-12(4)9-17-11(3)8-16-10(2)7-15-5;1-5-12(14)15-11-8-6-10(7-9-11)13(2,3)4;1-2-12(14)16-9-10(13)8-15-11-6-4-3-5-7-11;1-3-5-6-7-11(13)15-9-8-14-10(12)4-2;1-4-7-8-10(5-2)9-13-11(12)6-3;1-4-9(11)12-6-8-7-13-10(3,5-2)14-8;1-3-9(11)14-7-10(4-2)5-12-8-13-6-10;1-2-10(11)12-8-9-6-4-3-5-7-9/h6,10-12H,1,7-9H2,2-5H3;5,10-11H,1,6-9H2,2-4H3;2-7,10,13H,1,8-9H2;4H,2-3,5-9H2,1H3;6,10H,3-5,7-9H2,1-2H3;4,8H,1,5-7H2,2-3H3;3H,1,4-8H2,2H3;2-7H,1,8H2. The van der Waals surface area contributed by atoms with Crippen molar-refractivity contribution in [2.24, 2.45) is 22.7 Å². The van der Waals surface area contributed by atoms with Gasteiger partial charge in [0.2, 0.25) is 0 Å². The van der Waals surface area contributed by atoms with Crippen molar-refractivity contribution in [3.63, 3.8) is 0 Å². The molecule has 0 amide bonds. The summed E-state index contributed by atoms with van der Waals surface area (Å²) >= 11 is 0. The predicted molar refractivity (Wildman–Crippen MR) is 448 cm³/mol. The van der Waals surface area contributed by atoms with E-state index < -0.39 is 41.7 Å². The Morgan fingerprint density at radius 1 is 0.547 bits per heavy atom. The minimum Gasteiger partial charge on any atom is -0.491 e. The predicted octanol–water partition coefficient (Wildman–Crippen LogP) is 15.1. The maximum atomic E-state index is 11.0. The van der Waals surface area contributed by atoms with Crippen LogP contribution in [0, 0.1) is 22.7 Å². The first-order chi connectivity index (χ1) is 55.7. The van der Waals surface area contributed by atoms with Crippen molar-refractivity contribution in [2.45, 2.75) is 222 Å². The summed E-state index contributed by atoms with van der Waals surface area (Å²) in [7, 11) is 1.63. The van der Waals surface area contributed by atoms with Crippen LogP contribution in [0.25, 0.3) is 0 Å². The van der Waals surface area contributed by atoms with E-state index in [0.717, 1.165) is 106 Å². The largest absolute Gasteiger partial charge is 0.491 e. The number of unbranched alkanes of at least 4 members (excludes halogenated alkanes) is 3. The fourth-order valence-corrected chi connectivity index (χ4v) is 9.84. The number of hydrogen-bond donors (Lipinski definition) is 1. The lowest BCUT2D eigenvalue weighted by molar-refractivity contribution is -0.185. The number of rotatable bonds is 44. The number of hydrogen-bond acceptors (Lipinski definition) is 27. The summed E-state index contributed by atoms with van der Waals surface area (Å²) < 4.78 is 86.6. The number of ether oxygens (including phenoxy) is 17. The average Bonchev–Trinajstić information content (AvgIpc) is 1.83. The molecule has 3 aliphatic rings. The summed E-state index contributed by atoms with van der Waals surface area (Å²) in [5.41, 5.74) is 1.18. The van der Waals surface area contributed by atoms with Gasteiger partial charge in [0.05, 0.1) is 63.9 Å². The third-order valence-corrected chi connectivity index (χ3v) is 17.2. The van der Waals surface area contributed by atoms with Gasteiger partial charge in [0.25, 0.3) is 0 Å². The van der Waals surface area contributed by atoms with Gasteiger partial charge in [-0.3, -0.25) is 4.79 Å². The number of esters is 9. The molecule has 1 saturated carbocycles. The maximum absolute atomic E-state index is 11.0. The van der Waals surface area contributed by atoms with Gasteiger partial charge in [0, 0.05) is 62.1 Å². The zero-order chi connectivity index (χ0) is 88.7. The van der Waals surface area contributed by atoms with Crippen LogP contribution < -0.4 is 4.74 Å². The third kappa shape index (κ3) is 63.8. The van der Waals surface area contributed by atoms with Crippen molar-refractivity contribution in [3.05, 3.63) is 167 Å². The average molecular weight is 1650 g/mol. The number of carbonyl (C=O) groups excluding carboxylic acids is 9. The third-order valence-electron chi connectivity index (χ3n) is 17.2. The lowest BCUT2D eigenvalue weighted by atomic mass is 9.72. The summed E-state index contributed by atoms with van der Waals surface area (Å²) in [4.78, 5) is 97.3. The van der Waals surface area contributed by atoms with E-state index in [0.29, 0.717) is 89.8 Å². The second kappa shape index (κ2) is 71.2. The van der Waals surface area contributed by atoms with Crippen LogP contribution in [0.2, 0.25) is 0 Å². The Kier molecular flexibility index (Phi) is 68.3. The molecule has 3 fully saturated rings. The van der Waals surface area contributed by atoms with Crippen molar-refractivity contribution in [2.75, 3.05) is 99.8 Å². The zero-order valence-corrected chi connectivity index (χ0v) is 72.2. The van der Waals surface area contributed by atoms with Crippen LogP contribution in [-0.2, 0) is 126 Å². The lowest BCUT2D eigenvalue weighted by Crippen LogP contribution is -2.41. The van der Waals surface area contributed by atoms with Gasteiger partial charge < -0.3 is 85.6 Å². The molecule has 0 aromatic heterocycles. The topological polar surface area (TPSA) is 331 Å². The molecular formula is C90H140O27. The summed E-state index contributed by atoms with van der Waals surface area (Å²) in [6.45, 7) is 56.1. The monoisotopic (exact) mass is 1650 g/mol. The van der Waals surface area contributed by atoms with Crippen LogP contribution in [-0.4, -0.2) is 201 Å². The number of aliphatic hydroxyl groups is 1. The molecule has 2 aromatic carbocycles. The first-order valence-corrected chi connectivity index (χ1v) is 39.9. The molecule has 7 atom stereocenters. The number of methoxy groups -OCH3 is 1. The van der Waals surface area contributed by atoms with Crippen LogP contribution in [0.15, 0.2) is 162 Å². The molecule has 2 saturated heterocycles. The second-order valence-corrected chi connectivity index (χ2v) is 28.2. The summed E-state index contributed by atoms with van der Waals surface area (Å²) in [6.07, 6.45) is 21.9. The highest BCUT2D eigenvalue weighted by molar-refractivity contribution is 5.83. The van der Waals surface area contributed by atoms with Crippen LogP contribution in [0.4, 0.5) is 0 Å². The Hall–Kier alpha value is -8.93. The highest BCUT2D eigenvalue weighted by Crippen LogP contribution is 2.38. The SMILES string of the molecule is C=CC(=O)OC(C)COC(C)COC(C)COC.C=CC(=O)OC1CCC(C(C)(C)C)CC1.C=CC(=O)OCC(CC)CCCC.C=CC(=O)OCC(O)COc1ccccc1.C=CC(=O)OCC1(CC)COCOC1.C=CC(=O)OCC1COC(C)(CC)O1.C=CC(=O)OCCOC(=O)CCCCC.C=CC(=O)OCc1ccccc1. The van der Waals surface area contributed by atoms with Gasteiger partial charge in [-0.1, -0.05) is 189 Å². The van der Waals surface area contributed by atoms with Crippen molar-refractivity contribution in [3.8, 4) is 5.75 Å². The van der Waals surface area contributed by atoms with Crippen LogP contribution >= 0.6 is 0 Å². The van der Waals surface area contributed by atoms with E-state index in [1.54, 1.807) is 26.2 Å². The van der Waals surface area contributed by atoms with Crippen molar-refractivity contribution in [1.29, 1.82) is 0 Å². The van der Waals surface area contributed by atoms with Crippen molar-refractivity contribution in [1.82, 2.24) is 0 Å². The van der Waals surface area contributed by atoms with Crippen LogP contribution in [0.3, 0.4) is 0 Å². The van der Waals surface area contributed by atoms with Gasteiger partial charge >= 0.3 is 53.7 Å². The highest BCUT2D eigenvalue weighted by atomic mass is 16.8. The maximum Gasteiger partial charge on any atom is 0.330 e. The van der Waals surface area contributed by atoms with Gasteiger partial charge in [0.15, 0.2) is 5.79 Å². The molecule has 27 nitrogen and oxygen atoms in total. The summed E-state index contributed by atoms with van der Waals surface area (Å²) in [6, 6.07) is 18.6. The first-order valence-electron chi connectivity index (χ1n) is 39.9. The van der Waals surface area contributed by atoms with Gasteiger partial charge in [-0.2, -0.15) is 0 Å². The second-order valence-electron chi connectivity index (χ2n) is 28.2. The lowest BCUT2D eigenvalue weighted by Gasteiger charge is -2.36. The fourth-order valence-electron chi connectivity index (χ4n) is 9.84. The molecule has 0 spiro atoms. The minimum absolute atomic E-state index is 0.0390. The molecule has 2 aliphatic heterocycles. The van der Waals surface area contributed by atoms with E-state index in [1.165, 1.54) is 37.8 Å². The molecule has 2 aromatic rings. The van der Waals surface area contributed by atoms with E-state index in [2.05, 4.69) is 104 Å². The van der Waals surface area contributed by atoms with Crippen molar-refractivity contribution >= 4 is 53.7 Å². The fraction of sp³-hybridized carbons (Fsp3) is 0.589. The zero-order valence-electron chi connectivity index (χ0n) is 72.2. The molecule has 1 aliphatic carbocycles. The molecule has 2 heterocycles. The summed E-state index contributed by atoms with van der Waals surface area (Å²) in [5.74, 6) is -2.13. The number of para-hydroxylation sites is 1. The van der Waals surface area contributed by atoms with Crippen LogP contribution in [0.5, 0.6) is 5.75 Å².